The van der Waals surface area contributed by atoms with Crippen molar-refractivity contribution in [1.29, 1.82) is 0 Å². The van der Waals surface area contributed by atoms with E-state index in [4.69, 9.17) is 14.6 Å². The molecule has 2 N–H and O–H groups in total. The molecule has 1 aromatic carbocycles. The minimum atomic E-state index is -0.799. The molecule has 0 aliphatic carbocycles. The molecule has 0 spiro atoms. The number of nitrogens with one attached hydrogen (secondary N) is 1. The zero-order valence-corrected chi connectivity index (χ0v) is 10.7. The summed E-state index contributed by atoms with van der Waals surface area (Å²) >= 11 is 0. The Morgan fingerprint density at radius 3 is 2.78 bits per heavy atom. The Bertz CT molecular complexity index is 393. The summed E-state index contributed by atoms with van der Waals surface area (Å²) in [6.45, 7) is 3.56. The van der Waals surface area contributed by atoms with E-state index in [1.165, 1.54) is 0 Å². The van der Waals surface area contributed by atoms with E-state index < -0.39 is 5.97 Å². The Labute approximate surface area is 107 Å². The smallest absolute Gasteiger partial charge is 0.304 e. The van der Waals surface area contributed by atoms with Crippen LogP contribution in [0.3, 0.4) is 0 Å². The van der Waals surface area contributed by atoms with Crippen LogP contribution in [0.4, 0.5) is 0 Å². The van der Waals surface area contributed by atoms with Crippen molar-refractivity contribution in [1.82, 2.24) is 5.32 Å². The Hall–Kier alpha value is -1.75. The first kappa shape index (κ1) is 14.3. The Balaban J connectivity index is 2.53. The van der Waals surface area contributed by atoms with Crippen LogP contribution >= 0.6 is 0 Å². The van der Waals surface area contributed by atoms with E-state index in [0.29, 0.717) is 31.2 Å². The molecular formula is C13H19NO4. The number of methoxy groups -OCH3 is 1. The van der Waals surface area contributed by atoms with Crippen LogP contribution in [0.2, 0.25) is 0 Å². The number of aliphatic carboxylic acids is 1. The fraction of sp³-hybridized carbons (Fsp3) is 0.462. The van der Waals surface area contributed by atoms with E-state index in [0.717, 1.165) is 5.56 Å². The van der Waals surface area contributed by atoms with Crippen molar-refractivity contribution < 1.29 is 19.4 Å². The van der Waals surface area contributed by atoms with Crippen molar-refractivity contribution >= 4 is 5.97 Å². The molecule has 0 aromatic heterocycles. The van der Waals surface area contributed by atoms with Gasteiger partial charge in [-0.3, -0.25) is 4.79 Å². The number of rotatable bonds is 8. The number of carbonyl (C=O) groups is 1. The van der Waals surface area contributed by atoms with Gasteiger partial charge in [-0.25, -0.2) is 0 Å². The van der Waals surface area contributed by atoms with E-state index in [1.54, 1.807) is 7.11 Å². The summed E-state index contributed by atoms with van der Waals surface area (Å²) in [5.74, 6) is 0.607. The van der Waals surface area contributed by atoms with Gasteiger partial charge in [-0.2, -0.15) is 0 Å². The zero-order chi connectivity index (χ0) is 13.4. The molecule has 0 aliphatic rings. The van der Waals surface area contributed by atoms with Gasteiger partial charge in [0.05, 0.1) is 20.1 Å². The lowest BCUT2D eigenvalue weighted by molar-refractivity contribution is -0.136. The first-order valence-electron chi connectivity index (χ1n) is 5.89. The number of benzene rings is 1. The van der Waals surface area contributed by atoms with Gasteiger partial charge in [0.1, 0.15) is 0 Å². The molecule has 0 amide bonds. The topological polar surface area (TPSA) is 67.8 Å². The standard InChI is InChI=1S/C13H19NO4/c1-3-18-11-5-4-10(8-12(11)17-2)9-14-7-6-13(15)16/h4-5,8,14H,3,6-7,9H2,1-2H3,(H,15,16). The minimum Gasteiger partial charge on any atom is -0.493 e. The summed E-state index contributed by atoms with van der Waals surface area (Å²) in [6.07, 6.45) is 0.119. The highest BCUT2D eigenvalue weighted by Crippen LogP contribution is 2.27. The highest BCUT2D eigenvalue weighted by Gasteiger charge is 2.05. The monoisotopic (exact) mass is 253 g/mol. The number of hydrogen-bond acceptors (Lipinski definition) is 4. The molecule has 1 aromatic rings. The van der Waals surface area contributed by atoms with E-state index in [1.807, 2.05) is 25.1 Å². The van der Waals surface area contributed by atoms with Gasteiger partial charge in [-0.05, 0) is 24.6 Å². The molecule has 0 atom stereocenters. The number of carboxylic acids is 1. The molecule has 0 fully saturated rings. The van der Waals surface area contributed by atoms with Crippen molar-refractivity contribution in [3.05, 3.63) is 23.8 Å². The fourth-order valence-corrected chi connectivity index (χ4v) is 1.52. The zero-order valence-electron chi connectivity index (χ0n) is 10.7. The van der Waals surface area contributed by atoms with Crippen molar-refractivity contribution in [2.24, 2.45) is 0 Å². The molecule has 18 heavy (non-hydrogen) atoms. The van der Waals surface area contributed by atoms with Crippen LogP contribution in [0.15, 0.2) is 18.2 Å². The molecule has 5 nitrogen and oxygen atoms in total. The molecule has 0 saturated heterocycles. The van der Waals surface area contributed by atoms with Crippen LogP contribution in [-0.2, 0) is 11.3 Å². The van der Waals surface area contributed by atoms with Gasteiger partial charge in [-0.15, -0.1) is 0 Å². The lowest BCUT2D eigenvalue weighted by Crippen LogP contribution is -2.17. The third-order valence-electron chi connectivity index (χ3n) is 2.37. The number of carboxylic acid groups (broad SMARTS) is 1. The summed E-state index contributed by atoms with van der Waals surface area (Å²) in [5, 5.41) is 11.6. The third kappa shape index (κ3) is 4.63. The lowest BCUT2D eigenvalue weighted by atomic mass is 10.2. The highest BCUT2D eigenvalue weighted by molar-refractivity contribution is 5.66. The van der Waals surface area contributed by atoms with E-state index in [-0.39, 0.29) is 6.42 Å². The van der Waals surface area contributed by atoms with Crippen LogP contribution in [-0.4, -0.2) is 31.3 Å². The van der Waals surface area contributed by atoms with Gasteiger partial charge >= 0.3 is 5.97 Å². The second-order valence-electron chi connectivity index (χ2n) is 3.74. The van der Waals surface area contributed by atoms with Gasteiger partial charge in [0.2, 0.25) is 0 Å². The molecule has 0 heterocycles. The van der Waals surface area contributed by atoms with E-state index in [2.05, 4.69) is 5.32 Å². The normalized spacial score (nSPS) is 10.1. The average Bonchev–Trinajstić information content (AvgIpc) is 2.36. The van der Waals surface area contributed by atoms with Crippen molar-refractivity contribution in [3.63, 3.8) is 0 Å². The van der Waals surface area contributed by atoms with Gasteiger partial charge in [0.25, 0.3) is 0 Å². The molecule has 0 unspecified atom stereocenters. The Kier molecular flexibility index (Phi) is 6.00. The summed E-state index contributed by atoms with van der Waals surface area (Å²) in [6, 6.07) is 5.68. The van der Waals surface area contributed by atoms with Crippen molar-refractivity contribution in [3.8, 4) is 11.5 Å². The maximum Gasteiger partial charge on any atom is 0.304 e. The second-order valence-corrected chi connectivity index (χ2v) is 3.74. The fourth-order valence-electron chi connectivity index (χ4n) is 1.52. The molecular weight excluding hydrogens is 234 g/mol. The SMILES string of the molecule is CCOc1ccc(CNCCC(=O)O)cc1OC. The van der Waals surface area contributed by atoms with Gasteiger partial charge in [0.15, 0.2) is 11.5 Å². The third-order valence-corrected chi connectivity index (χ3v) is 2.37. The largest absolute Gasteiger partial charge is 0.493 e. The molecule has 1 rings (SSSR count). The van der Waals surface area contributed by atoms with E-state index >= 15 is 0 Å². The summed E-state index contributed by atoms with van der Waals surface area (Å²) in [5.41, 5.74) is 1.03. The van der Waals surface area contributed by atoms with Gasteiger partial charge in [-0.1, -0.05) is 6.07 Å². The molecule has 0 radical (unpaired) electrons. The van der Waals surface area contributed by atoms with Crippen LogP contribution in [0.25, 0.3) is 0 Å². The Morgan fingerprint density at radius 2 is 2.17 bits per heavy atom. The van der Waals surface area contributed by atoms with E-state index in [9.17, 15) is 4.79 Å². The van der Waals surface area contributed by atoms with Crippen molar-refractivity contribution in [2.45, 2.75) is 19.9 Å². The van der Waals surface area contributed by atoms with Crippen LogP contribution in [0.5, 0.6) is 11.5 Å². The Morgan fingerprint density at radius 1 is 1.39 bits per heavy atom. The maximum atomic E-state index is 10.4. The summed E-state index contributed by atoms with van der Waals surface area (Å²) < 4.78 is 10.7. The summed E-state index contributed by atoms with van der Waals surface area (Å²) in [7, 11) is 1.60. The molecule has 100 valence electrons. The van der Waals surface area contributed by atoms with Crippen molar-refractivity contribution in [2.75, 3.05) is 20.3 Å². The second kappa shape index (κ2) is 7.55. The quantitative estimate of drug-likeness (QED) is 0.690. The first-order valence-corrected chi connectivity index (χ1v) is 5.89. The minimum absolute atomic E-state index is 0.119. The van der Waals surface area contributed by atoms with Crippen LogP contribution < -0.4 is 14.8 Å². The predicted octanol–water partition coefficient (Wildman–Crippen LogP) is 1.66. The first-order chi connectivity index (χ1) is 8.67. The highest BCUT2D eigenvalue weighted by atomic mass is 16.5. The van der Waals surface area contributed by atoms with Gasteiger partial charge < -0.3 is 19.9 Å². The maximum absolute atomic E-state index is 10.4. The summed E-state index contributed by atoms with van der Waals surface area (Å²) in [4.78, 5) is 10.4. The molecule has 0 bridgehead atoms. The molecule has 5 heteroatoms. The molecule has 0 aliphatic heterocycles. The number of ether oxygens (including phenoxy) is 2. The van der Waals surface area contributed by atoms with Gasteiger partial charge in [0, 0.05) is 13.1 Å². The van der Waals surface area contributed by atoms with Crippen LogP contribution in [0, 0.1) is 0 Å². The van der Waals surface area contributed by atoms with Crippen LogP contribution in [0.1, 0.15) is 18.9 Å². The predicted molar refractivity (Wildman–Crippen MR) is 68.1 cm³/mol. The molecule has 0 saturated carbocycles. The lowest BCUT2D eigenvalue weighted by Gasteiger charge is -2.11. The average molecular weight is 253 g/mol. The number of hydrogen-bond donors (Lipinski definition) is 2.